The molecular formula is C18H11Br4F6N3O3. The number of alkyl halides is 6. The van der Waals surface area contributed by atoms with Gasteiger partial charge in [-0.2, -0.15) is 31.3 Å². The minimum Gasteiger partial charge on any atom is -0.465 e. The smallest absolute Gasteiger partial charge is 0.417 e. The summed E-state index contributed by atoms with van der Waals surface area (Å²) in [5.74, 6) is -2.31. The van der Waals surface area contributed by atoms with E-state index in [-0.39, 0.29) is 29.0 Å². The van der Waals surface area contributed by atoms with E-state index in [4.69, 9.17) is 11.5 Å². The van der Waals surface area contributed by atoms with Crippen LogP contribution in [0.25, 0.3) is 0 Å². The first kappa shape index (κ1) is 30.4. The minimum absolute atomic E-state index is 0.139. The van der Waals surface area contributed by atoms with Gasteiger partial charge in [0.15, 0.2) is 5.96 Å². The maximum atomic E-state index is 12.6. The first-order valence-corrected chi connectivity index (χ1v) is 11.4. The van der Waals surface area contributed by atoms with E-state index < -0.39 is 41.3 Å². The van der Waals surface area contributed by atoms with Crippen LogP contribution in [0.5, 0.6) is 0 Å². The zero-order valence-corrected chi connectivity index (χ0v) is 22.8. The number of hydrogen-bond acceptors (Lipinski definition) is 3. The molecule has 0 saturated heterocycles. The van der Waals surface area contributed by atoms with Crippen LogP contribution < -0.4 is 11.5 Å². The normalized spacial score (nSPS) is 11.3. The molecule has 2 aromatic carbocycles. The lowest BCUT2D eigenvalue weighted by atomic mass is 10.1. The number of ether oxygens (including phenoxy) is 1. The molecule has 0 unspecified atom stereocenters. The Morgan fingerprint density at radius 3 is 1.50 bits per heavy atom. The van der Waals surface area contributed by atoms with E-state index in [2.05, 4.69) is 73.4 Å². The number of benzene rings is 2. The summed E-state index contributed by atoms with van der Waals surface area (Å²) in [6, 6.07) is 3.68. The zero-order valence-electron chi connectivity index (χ0n) is 16.4. The van der Waals surface area contributed by atoms with E-state index in [0.29, 0.717) is 6.07 Å². The van der Waals surface area contributed by atoms with Crippen molar-refractivity contribution >= 4 is 81.6 Å². The Balaban J connectivity index is 0.000000342. The highest BCUT2D eigenvalue weighted by molar-refractivity contribution is 9.11. The number of rotatable bonds is 2. The first-order chi connectivity index (χ1) is 15.4. The van der Waals surface area contributed by atoms with Crippen LogP contribution in [0.4, 0.5) is 26.3 Å². The van der Waals surface area contributed by atoms with Crippen LogP contribution in [0.15, 0.2) is 47.1 Å². The average Bonchev–Trinajstić information content (AvgIpc) is 2.65. The van der Waals surface area contributed by atoms with Crippen LogP contribution in [0.2, 0.25) is 0 Å². The van der Waals surface area contributed by atoms with Gasteiger partial charge in [0, 0.05) is 17.9 Å². The summed E-state index contributed by atoms with van der Waals surface area (Å²) in [7, 11) is 1.10. The van der Waals surface area contributed by atoms with Crippen molar-refractivity contribution in [1.82, 2.24) is 0 Å². The van der Waals surface area contributed by atoms with E-state index in [0.717, 1.165) is 25.3 Å². The van der Waals surface area contributed by atoms with Gasteiger partial charge in [-0.05, 0) is 56.1 Å². The average molecular weight is 751 g/mol. The van der Waals surface area contributed by atoms with Crippen molar-refractivity contribution in [2.24, 2.45) is 16.5 Å². The summed E-state index contributed by atoms with van der Waals surface area (Å²) in [6.07, 6.45) is -9.12. The maximum absolute atomic E-state index is 12.6. The van der Waals surface area contributed by atoms with E-state index in [1.165, 1.54) is 0 Å². The number of aliphatic imine (C=N–C) groups is 1. The fourth-order valence-corrected chi connectivity index (χ4v) is 4.91. The van der Waals surface area contributed by atoms with Crippen molar-refractivity contribution in [3.05, 3.63) is 64.4 Å². The topological polar surface area (TPSA) is 108 Å². The van der Waals surface area contributed by atoms with E-state index in [1.54, 1.807) is 0 Å². The molecule has 0 aliphatic carbocycles. The molecule has 6 nitrogen and oxygen atoms in total. The Hall–Kier alpha value is -1.65. The van der Waals surface area contributed by atoms with Gasteiger partial charge < -0.3 is 16.2 Å². The van der Waals surface area contributed by atoms with Crippen molar-refractivity contribution in [3.63, 3.8) is 0 Å². The van der Waals surface area contributed by atoms with Crippen LogP contribution in [-0.2, 0) is 17.1 Å². The van der Waals surface area contributed by atoms with Gasteiger partial charge in [0.2, 0.25) is 0 Å². The highest BCUT2D eigenvalue weighted by Gasteiger charge is 2.35. The molecule has 0 spiro atoms. The van der Waals surface area contributed by atoms with E-state index >= 15 is 0 Å². The summed E-state index contributed by atoms with van der Waals surface area (Å²) >= 11 is 11.5. The number of amides is 1. The molecule has 1 amide bonds. The number of methoxy groups -OCH3 is 1. The minimum atomic E-state index is -4.59. The number of nitrogens with two attached hydrogens (primary N) is 2. The summed E-state index contributed by atoms with van der Waals surface area (Å²) in [6.45, 7) is 0. The predicted molar refractivity (Wildman–Crippen MR) is 125 cm³/mol. The molecule has 0 bridgehead atoms. The number of carbonyl (C=O) groups excluding carboxylic acids is 2. The Kier molecular flexibility index (Phi) is 10.6. The summed E-state index contributed by atoms with van der Waals surface area (Å²) < 4.78 is 80.0. The number of guanidine groups is 1. The lowest BCUT2D eigenvalue weighted by molar-refractivity contribution is -0.139. The Bertz CT molecular complexity index is 1130. The van der Waals surface area contributed by atoms with Gasteiger partial charge in [-0.15, -0.1) is 0 Å². The third-order valence-corrected chi connectivity index (χ3v) is 6.21. The number of esters is 1. The number of hydrogen-bond donors (Lipinski definition) is 2. The van der Waals surface area contributed by atoms with Crippen LogP contribution in [0.1, 0.15) is 31.8 Å². The third kappa shape index (κ3) is 8.23. The SMILES string of the molecule is COC(=O)c1cc(C(F)(F)F)c(Br)cc1Br.NC(N)=NC(=O)c1cc(C(F)(F)F)c(Br)cc1Br. The van der Waals surface area contributed by atoms with Crippen LogP contribution in [0, 0.1) is 0 Å². The molecule has 0 aliphatic rings. The molecule has 0 saturated carbocycles. The van der Waals surface area contributed by atoms with Gasteiger partial charge in [0.25, 0.3) is 5.91 Å². The maximum Gasteiger partial charge on any atom is 0.417 e. The standard InChI is InChI=1S/C9H6Br2F3N3O.C9H5Br2F3O2/c10-5-2-6(11)4(9(12,13)14)1-3(5)7(18)17-8(15)16;1-16-8(15)4-2-5(9(12,13)14)7(11)3-6(4)10/h1-2H,(H4,15,16,17,18);2-3H,1H3. The summed E-state index contributed by atoms with van der Waals surface area (Å²) in [5.41, 5.74) is 7.64. The lowest BCUT2D eigenvalue weighted by Crippen LogP contribution is -2.24. The van der Waals surface area contributed by atoms with Gasteiger partial charge in [-0.25, -0.2) is 4.79 Å². The largest absolute Gasteiger partial charge is 0.465 e. The third-order valence-electron chi connectivity index (χ3n) is 3.59. The fourth-order valence-electron chi connectivity index (χ4n) is 2.14. The summed E-state index contributed by atoms with van der Waals surface area (Å²) in [5, 5.41) is 0. The molecule has 4 N–H and O–H groups in total. The molecule has 2 aromatic rings. The van der Waals surface area contributed by atoms with Gasteiger partial charge in [-0.1, -0.05) is 31.9 Å². The predicted octanol–water partition coefficient (Wildman–Crippen LogP) is 6.66. The van der Waals surface area contributed by atoms with Gasteiger partial charge in [0.1, 0.15) is 0 Å². The van der Waals surface area contributed by atoms with Crippen molar-refractivity contribution in [3.8, 4) is 0 Å². The van der Waals surface area contributed by atoms with Crippen LogP contribution in [0.3, 0.4) is 0 Å². The molecular weight excluding hydrogens is 740 g/mol. The highest BCUT2D eigenvalue weighted by atomic mass is 79.9. The van der Waals surface area contributed by atoms with Crippen LogP contribution in [-0.4, -0.2) is 24.9 Å². The van der Waals surface area contributed by atoms with Crippen molar-refractivity contribution in [2.45, 2.75) is 12.4 Å². The number of halogens is 10. The van der Waals surface area contributed by atoms with Gasteiger partial charge in [0.05, 0.1) is 29.4 Å². The molecule has 0 aliphatic heterocycles. The molecule has 0 aromatic heterocycles. The van der Waals surface area contributed by atoms with Gasteiger partial charge in [-0.3, -0.25) is 4.79 Å². The lowest BCUT2D eigenvalue weighted by Gasteiger charge is -2.11. The molecule has 16 heteroatoms. The monoisotopic (exact) mass is 747 g/mol. The van der Waals surface area contributed by atoms with Crippen molar-refractivity contribution in [2.75, 3.05) is 7.11 Å². The first-order valence-electron chi connectivity index (χ1n) is 8.24. The second kappa shape index (κ2) is 11.9. The second-order valence-corrected chi connectivity index (χ2v) is 9.37. The molecule has 34 heavy (non-hydrogen) atoms. The molecule has 0 fully saturated rings. The number of carbonyl (C=O) groups is 2. The van der Waals surface area contributed by atoms with Crippen molar-refractivity contribution < 1.29 is 40.7 Å². The Labute approximate surface area is 221 Å². The molecule has 0 radical (unpaired) electrons. The zero-order chi connectivity index (χ0) is 26.6. The molecule has 186 valence electrons. The van der Waals surface area contributed by atoms with E-state index in [1.807, 2.05) is 0 Å². The van der Waals surface area contributed by atoms with E-state index in [9.17, 15) is 35.9 Å². The quantitative estimate of drug-likeness (QED) is 0.155. The summed E-state index contributed by atoms with van der Waals surface area (Å²) in [4.78, 5) is 25.9. The Morgan fingerprint density at radius 1 is 0.765 bits per heavy atom. The number of nitrogens with zero attached hydrogens (tertiary/aromatic N) is 1. The molecule has 2 rings (SSSR count). The van der Waals surface area contributed by atoms with Crippen molar-refractivity contribution in [1.29, 1.82) is 0 Å². The van der Waals surface area contributed by atoms with Gasteiger partial charge >= 0.3 is 18.3 Å². The fraction of sp³-hybridized carbons (Fsp3) is 0.167. The molecule has 0 heterocycles. The Morgan fingerprint density at radius 2 is 1.15 bits per heavy atom. The highest BCUT2D eigenvalue weighted by Crippen LogP contribution is 2.39. The van der Waals surface area contributed by atoms with Crippen LogP contribution >= 0.6 is 63.7 Å². The molecule has 0 atom stereocenters. The second-order valence-electron chi connectivity index (χ2n) is 5.95.